The van der Waals surface area contributed by atoms with Crippen LogP contribution in [0.3, 0.4) is 0 Å². The van der Waals surface area contributed by atoms with Gasteiger partial charge in [0.25, 0.3) is 0 Å². The van der Waals surface area contributed by atoms with Gasteiger partial charge in [0.2, 0.25) is 0 Å². The molecule has 0 unspecified atom stereocenters. The van der Waals surface area contributed by atoms with Gasteiger partial charge < -0.3 is 9.88 Å². The minimum atomic E-state index is 1.05. The number of aromatic nitrogens is 1. The summed E-state index contributed by atoms with van der Waals surface area (Å²) in [6, 6.07) is 2.04. The van der Waals surface area contributed by atoms with Crippen LogP contribution in [-0.4, -0.2) is 24.0 Å². The van der Waals surface area contributed by atoms with Crippen molar-refractivity contribution in [3.8, 4) is 0 Å². The number of hydrogen-bond acceptors (Lipinski definition) is 1. The molecular formula is C9H14N2. The zero-order valence-electron chi connectivity index (χ0n) is 7.31. The van der Waals surface area contributed by atoms with Crippen molar-refractivity contribution < 1.29 is 0 Å². The Morgan fingerprint density at radius 2 is 2.18 bits per heavy atom. The van der Waals surface area contributed by atoms with Crippen LogP contribution in [0.2, 0.25) is 0 Å². The number of H-pyrrole nitrogens is 1. The summed E-state index contributed by atoms with van der Waals surface area (Å²) in [6.45, 7) is 6.01. The molecule has 0 radical (unpaired) electrons. The number of nitrogens with zero attached hydrogens (tertiary/aromatic N) is 1. The lowest BCUT2D eigenvalue weighted by Crippen LogP contribution is -2.08. The molecule has 1 heterocycles. The van der Waals surface area contributed by atoms with Crippen molar-refractivity contribution in [3.05, 3.63) is 30.1 Å². The Labute approximate surface area is 67.5 Å². The van der Waals surface area contributed by atoms with Crippen LogP contribution in [0.5, 0.6) is 0 Å². The zero-order chi connectivity index (χ0) is 8.43. The smallest absolute Gasteiger partial charge is 0.0379 e. The van der Waals surface area contributed by atoms with Gasteiger partial charge in [-0.2, -0.15) is 0 Å². The van der Waals surface area contributed by atoms with E-state index in [4.69, 9.17) is 0 Å². The van der Waals surface area contributed by atoms with Gasteiger partial charge >= 0.3 is 0 Å². The average molecular weight is 150 g/mol. The first-order valence-electron chi connectivity index (χ1n) is 3.63. The summed E-state index contributed by atoms with van der Waals surface area (Å²) in [6.07, 6.45) is 1.93. The Morgan fingerprint density at radius 1 is 1.55 bits per heavy atom. The molecule has 1 rings (SSSR count). The number of hydrogen-bond donors (Lipinski definition) is 1. The van der Waals surface area contributed by atoms with E-state index in [1.54, 1.807) is 0 Å². The normalized spacial score (nSPS) is 9.73. The van der Waals surface area contributed by atoms with Crippen LogP contribution in [0.4, 0.5) is 0 Å². The number of rotatable bonds is 2. The van der Waals surface area contributed by atoms with E-state index in [-0.39, 0.29) is 0 Å². The highest BCUT2D eigenvalue weighted by molar-refractivity contribution is 5.63. The first kappa shape index (κ1) is 7.92. The minimum absolute atomic E-state index is 1.05. The van der Waals surface area contributed by atoms with E-state index in [1.165, 1.54) is 11.3 Å². The molecule has 0 fully saturated rings. The Morgan fingerprint density at radius 3 is 2.55 bits per heavy atom. The van der Waals surface area contributed by atoms with Crippen LogP contribution >= 0.6 is 0 Å². The van der Waals surface area contributed by atoms with Crippen molar-refractivity contribution in [1.82, 2.24) is 9.88 Å². The summed E-state index contributed by atoms with van der Waals surface area (Å²) in [5, 5.41) is 0. The molecule has 11 heavy (non-hydrogen) atoms. The van der Waals surface area contributed by atoms with E-state index >= 15 is 0 Å². The lowest BCUT2D eigenvalue weighted by Gasteiger charge is -2.14. The van der Waals surface area contributed by atoms with Crippen LogP contribution in [-0.2, 0) is 0 Å². The highest BCUT2D eigenvalue weighted by Gasteiger charge is 2.03. The maximum Gasteiger partial charge on any atom is 0.0379 e. The topological polar surface area (TPSA) is 19.0 Å². The lowest BCUT2D eigenvalue weighted by atomic mass is 10.2. The van der Waals surface area contributed by atoms with Crippen LogP contribution < -0.4 is 0 Å². The van der Waals surface area contributed by atoms with E-state index in [0.717, 1.165) is 5.70 Å². The molecule has 2 nitrogen and oxygen atoms in total. The molecular weight excluding hydrogens is 136 g/mol. The van der Waals surface area contributed by atoms with Crippen LogP contribution in [0.1, 0.15) is 11.3 Å². The minimum Gasteiger partial charge on any atom is -0.378 e. The van der Waals surface area contributed by atoms with Crippen LogP contribution in [0, 0.1) is 6.92 Å². The van der Waals surface area contributed by atoms with Crippen molar-refractivity contribution >= 4 is 5.70 Å². The van der Waals surface area contributed by atoms with Crippen molar-refractivity contribution in [2.24, 2.45) is 0 Å². The molecule has 0 atom stereocenters. The highest BCUT2D eigenvalue weighted by atomic mass is 15.1. The molecule has 2 heteroatoms. The Hall–Kier alpha value is -1.18. The van der Waals surface area contributed by atoms with E-state index in [0.29, 0.717) is 0 Å². The summed E-state index contributed by atoms with van der Waals surface area (Å²) in [4.78, 5) is 5.13. The van der Waals surface area contributed by atoms with E-state index in [1.807, 2.05) is 38.2 Å². The maximum atomic E-state index is 3.96. The molecule has 1 N–H and O–H groups in total. The van der Waals surface area contributed by atoms with E-state index in [9.17, 15) is 0 Å². The molecule has 0 aromatic carbocycles. The fraction of sp³-hybridized carbons (Fsp3) is 0.333. The summed E-state index contributed by atoms with van der Waals surface area (Å²) in [5.74, 6) is 0. The Balaban J connectivity index is 2.93. The van der Waals surface area contributed by atoms with Gasteiger partial charge in [-0.3, -0.25) is 0 Å². The molecule has 0 spiro atoms. The van der Waals surface area contributed by atoms with Crippen LogP contribution in [0.25, 0.3) is 5.70 Å². The molecule has 0 amide bonds. The second-order valence-electron chi connectivity index (χ2n) is 2.86. The Bertz CT molecular complexity index is 258. The molecule has 1 aromatic heterocycles. The zero-order valence-corrected chi connectivity index (χ0v) is 7.31. The fourth-order valence-corrected chi connectivity index (χ4v) is 1.01. The first-order valence-corrected chi connectivity index (χ1v) is 3.63. The molecule has 0 saturated heterocycles. The second-order valence-corrected chi connectivity index (χ2v) is 2.86. The summed E-state index contributed by atoms with van der Waals surface area (Å²) in [7, 11) is 3.99. The van der Waals surface area contributed by atoms with Crippen molar-refractivity contribution in [3.63, 3.8) is 0 Å². The predicted octanol–water partition coefficient (Wildman–Crippen LogP) is 1.86. The monoisotopic (exact) mass is 150 g/mol. The molecule has 0 aliphatic carbocycles. The van der Waals surface area contributed by atoms with Crippen LogP contribution in [0.15, 0.2) is 18.8 Å². The fourth-order valence-electron chi connectivity index (χ4n) is 1.01. The number of nitrogens with one attached hydrogen (secondary N) is 1. The molecule has 1 aromatic rings. The molecule has 0 saturated carbocycles. The molecule has 0 aliphatic heterocycles. The van der Waals surface area contributed by atoms with Gasteiger partial charge in [0.15, 0.2) is 0 Å². The summed E-state index contributed by atoms with van der Waals surface area (Å²) >= 11 is 0. The molecule has 60 valence electrons. The van der Waals surface area contributed by atoms with Gasteiger partial charge in [-0.25, -0.2) is 0 Å². The van der Waals surface area contributed by atoms with E-state index in [2.05, 4.69) is 11.6 Å². The largest absolute Gasteiger partial charge is 0.378 e. The SMILES string of the molecule is C=C(c1cc[nH]c1C)N(C)C. The van der Waals surface area contributed by atoms with Crippen molar-refractivity contribution in [2.45, 2.75) is 6.92 Å². The average Bonchev–Trinajstić information content (AvgIpc) is 2.33. The maximum absolute atomic E-state index is 3.96. The molecule has 0 aliphatic rings. The van der Waals surface area contributed by atoms with Crippen molar-refractivity contribution in [2.75, 3.05) is 14.1 Å². The third-order valence-corrected chi connectivity index (χ3v) is 1.80. The summed E-state index contributed by atoms with van der Waals surface area (Å²) in [5.41, 5.74) is 3.41. The third-order valence-electron chi connectivity index (χ3n) is 1.80. The molecule has 0 bridgehead atoms. The van der Waals surface area contributed by atoms with Gasteiger partial charge in [-0.15, -0.1) is 0 Å². The number of aryl methyl sites for hydroxylation is 1. The quantitative estimate of drug-likeness (QED) is 0.681. The highest BCUT2D eigenvalue weighted by Crippen LogP contribution is 2.16. The van der Waals surface area contributed by atoms with Gasteiger partial charge in [-0.05, 0) is 13.0 Å². The number of aromatic amines is 1. The van der Waals surface area contributed by atoms with Gasteiger partial charge in [-0.1, -0.05) is 6.58 Å². The predicted molar refractivity (Wildman–Crippen MR) is 48.3 cm³/mol. The standard InChI is InChI=1S/C9H14N2/c1-7-9(5-6-10-7)8(2)11(3)4/h5-6,10H,2H2,1,3-4H3. The third kappa shape index (κ3) is 1.45. The van der Waals surface area contributed by atoms with Gasteiger partial charge in [0, 0.05) is 37.2 Å². The Kier molecular flexibility index (Phi) is 2.03. The lowest BCUT2D eigenvalue weighted by molar-refractivity contribution is 0.593. The van der Waals surface area contributed by atoms with E-state index < -0.39 is 0 Å². The van der Waals surface area contributed by atoms with Gasteiger partial charge in [0.05, 0.1) is 0 Å². The second kappa shape index (κ2) is 2.82. The summed E-state index contributed by atoms with van der Waals surface area (Å²) < 4.78 is 0. The van der Waals surface area contributed by atoms with Crippen molar-refractivity contribution in [1.29, 1.82) is 0 Å². The first-order chi connectivity index (χ1) is 5.13. The van der Waals surface area contributed by atoms with Gasteiger partial charge in [0.1, 0.15) is 0 Å².